The Balaban J connectivity index is 1.80. The number of sulfone groups is 1. The van der Waals surface area contributed by atoms with Gasteiger partial charge in [0.25, 0.3) is 17.4 Å². The second kappa shape index (κ2) is 5.23. The Labute approximate surface area is 134 Å². The van der Waals surface area contributed by atoms with Crippen molar-refractivity contribution in [1.82, 2.24) is 5.32 Å². The lowest BCUT2D eigenvalue weighted by molar-refractivity contribution is -0.147. The third-order valence-electron chi connectivity index (χ3n) is 4.13. The van der Waals surface area contributed by atoms with Gasteiger partial charge in [-0.1, -0.05) is 6.07 Å². The quantitative estimate of drug-likeness (QED) is 0.760. The lowest BCUT2D eigenvalue weighted by atomic mass is 10.0. The molecule has 3 rings (SSSR count). The normalized spacial score (nSPS) is 28.4. The molecule has 0 radical (unpaired) electrons. The van der Waals surface area contributed by atoms with E-state index in [-0.39, 0.29) is 11.5 Å². The molecule has 2 aliphatic rings. The molecule has 124 valence electrons. The van der Waals surface area contributed by atoms with E-state index in [0.717, 1.165) is 5.56 Å². The molecular weight excluding hydrogens is 320 g/mol. The van der Waals surface area contributed by atoms with E-state index in [1.807, 2.05) is 13.0 Å². The van der Waals surface area contributed by atoms with E-state index >= 15 is 0 Å². The number of anilines is 1. The molecule has 0 aliphatic carbocycles. The van der Waals surface area contributed by atoms with E-state index < -0.39 is 33.3 Å². The van der Waals surface area contributed by atoms with Gasteiger partial charge in [-0.15, -0.1) is 0 Å². The van der Waals surface area contributed by atoms with Crippen molar-refractivity contribution in [2.75, 3.05) is 16.8 Å². The molecule has 2 N–H and O–H groups in total. The van der Waals surface area contributed by atoms with Gasteiger partial charge in [0.05, 0.1) is 17.2 Å². The number of aryl methyl sites for hydroxylation is 1. The van der Waals surface area contributed by atoms with E-state index in [9.17, 15) is 18.0 Å². The van der Waals surface area contributed by atoms with Crippen LogP contribution < -0.4 is 15.4 Å². The smallest absolute Gasteiger partial charge is 0.278 e. The molecule has 0 saturated carbocycles. The summed E-state index contributed by atoms with van der Waals surface area (Å²) in [4.78, 5) is 24.8. The van der Waals surface area contributed by atoms with Gasteiger partial charge in [-0.25, -0.2) is 8.42 Å². The average Bonchev–Trinajstić information content (AvgIpc) is 2.79. The minimum absolute atomic E-state index is 0.0455. The number of hydrogen-bond donors (Lipinski definition) is 2. The second-order valence-corrected chi connectivity index (χ2v) is 8.39. The standard InChI is InChI=1S/C15H18N2O5S/c1-9-3-4-12-11(7-9)17-14(19)15(2,22-12)13(18)16-10-5-6-23(20,21)8-10/h3-4,7,10H,5-6,8H2,1-2H3,(H,16,18)(H,17,19)/t10-,15+/m1/s1. The maximum Gasteiger partial charge on any atom is 0.278 e. The molecule has 2 amide bonds. The highest BCUT2D eigenvalue weighted by molar-refractivity contribution is 7.91. The van der Waals surface area contributed by atoms with Crippen molar-refractivity contribution in [2.24, 2.45) is 0 Å². The largest absolute Gasteiger partial charge is 0.466 e. The van der Waals surface area contributed by atoms with Crippen LogP contribution in [0.25, 0.3) is 0 Å². The van der Waals surface area contributed by atoms with Gasteiger partial charge in [0.15, 0.2) is 9.84 Å². The fourth-order valence-electron chi connectivity index (χ4n) is 2.72. The van der Waals surface area contributed by atoms with Crippen LogP contribution >= 0.6 is 0 Å². The number of fused-ring (bicyclic) bond motifs is 1. The maximum atomic E-state index is 12.5. The number of rotatable bonds is 2. The van der Waals surface area contributed by atoms with E-state index in [4.69, 9.17) is 4.74 Å². The molecule has 1 saturated heterocycles. The van der Waals surface area contributed by atoms with Crippen LogP contribution in [0.4, 0.5) is 5.69 Å². The summed E-state index contributed by atoms with van der Waals surface area (Å²) in [6.45, 7) is 3.26. The van der Waals surface area contributed by atoms with Crippen LogP contribution in [0.3, 0.4) is 0 Å². The maximum absolute atomic E-state index is 12.5. The van der Waals surface area contributed by atoms with Crippen molar-refractivity contribution >= 4 is 27.3 Å². The molecule has 2 atom stereocenters. The second-order valence-electron chi connectivity index (χ2n) is 6.16. The van der Waals surface area contributed by atoms with Gasteiger partial charge < -0.3 is 15.4 Å². The Morgan fingerprint density at radius 3 is 2.83 bits per heavy atom. The number of carbonyl (C=O) groups excluding carboxylic acids is 2. The molecule has 0 bridgehead atoms. The first-order valence-electron chi connectivity index (χ1n) is 7.32. The predicted octanol–water partition coefficient (Wildman–Crippen LogP) is 0.388. The van der Waals surface area contributed by atoms with Gasteiger partial charge in [-0.3, -0.25) is 9.59 Å². The van der Waals surface area contributed by atoms with Gasteiger partial charge in [-0.05, 0) is 38.0 Å². The van der Waals surface area contributed by atoms with Crippen LogP contribution in [-0.2, 0) is 19.4 Å². The Morgan fingerprint density at radius 2 is 2.17 bits per heavy atom. The minimum Gasteiger partial charge on any atom is -0.466 e. The Bertz CT molecular complexity index is 789. The number of nitrogens with one attached hydrogen (secondary N) is 2. The summed E-state index contributed by atoms with van der Waals surface area (Å²) >= 11 is 0. The molecule has 2 heterocycles. The van der Waals surface area contributed by atoms with E-state index in [1.54, 1.807) is 12.1 Å². The highest BCUT2D eigenvalue weighted by atomic mass is 32.2. The number of ether oxygens (including phenoxy) is 1. The van der Waals surface area contributed by atoms with Crippen molar-refractivity contribution in [3.05, 3.63) is 23.8 Å². The lowest BCUT2D eigenvalue weighted by Crippen LogP contribution is -2.60. The zero-order valence-electron chi connectivity index (χ0n) is 12.9. The molecule has 2 aliphatic heterocycles. The van der Waals surface area contributed by atoms with E-state index in [1.165, 1.54) is 6.92 Å². The average molecular weight is 338 g/mol. The molecule has 1 fully saturated rings. The molecular formula is C15H18N2O5S. The Hall–Kier alpha value is -2.09. The van der Waals surface area contributed by atoms with Crippen LogP contribution in [0.15, 0.2) is 18.2 Å². The molecule has 7 nitrogen and oxygen atoms in total. The monoisotopic (exact) mass is 338 g/mol. The van der Waals surface area contributed by atoms with Crippen LogP contribution in [0.5, 0.6) is 5.75 Å². The molecule has 1 aromatic rings. The highest BCUT2D eigenvalue weighted by Crippen LogP contribution is 2.34. The lowest BCUT2D eigenvalue weighted by Gasteiger charge is -2.34. The third-order valence-corrected chi connectivity index (χ3v) is 5.90. The van der Waals surface area contributed by atoms with Crippen molar-refractivity contribution in [2.45, 2.75) is 31.9 Å². The summed E-state index contributed by atoms with van der Waals surface area (Å²) in [5.74, 6) is -0.861. The van der Waals surface area contributed by atoms with Crippen LogP contribution in [0, 0.1) is 6.92 Å². The van der Waals surface area contributed by atoms with Gasteiger partial charge in [0.1, 0.15) is 5.75 Å². The summed E-state index contributed by atoms with van der Waals surface area (Å²) in [6, 6.07) is 4.78. The zero-order chi connectivity index (χ0) is 16.8. The Morgan fingerprint density at radius 1 is 1.43 bits per heavy atom. The number of hydrogen-bond acceptors (Lipinski definition) is 5. The van der Waals surface area contributed by atoms with Crippen molar-refractivity contribution in [1.29, 1.82) is 0 Å². The van der Waals surface area contributed by atoms with Crippen LogP contribution in [-0.4, -0.2) is 43.4 Å². The SMILES string of the molecule is Cc1ccc2c(c1)NC(=O)[C@](C)(C(=O)N[C@@H]1CCS(=O)(=O)C1)O2. The number of benzene rings is 1. The summed E-state index contributed by atoms with van der Waals surface area (Å²) in [7, 11) is -3.11. The number of amides is 2. The van der Waals surface area contributed by atoms with Crippen molar-refractivity contribution < 1.29 is 22.7 Å². The van der Waals surface area contributed by atoms with Crippen LogP contribution in [0.2, 0.25) is 0 Å². The Kier molecular flexibility index (Phi) is 3.59. The summed E-state index contributed by atoms with van der Waals surface area (Å²) < 4.78 is 28.6. The summed E-state index contributed by atoms with van der Waals surface area (Å²) in [5, 5.41) is 5.28. The first kappa shape index (κ1) is 15.8. The molecule has 1 aromatic carbocycles. The van der Waals surface area contributed by atoms with Gasteiger partial charge in [0, 0.05) is 6.04 Å². The van der Waals surface area contributed by atoms with Crippen molar-refractivity contribution in [3.63, 3.8) is 0 Å². The van der Waals surface area contributed by atoms with Gasteiger partial charge in [0.2, 0.25) is 0 Å². The topological polar surface area (TPSA) is 102 Å². The first-order chi connectivity index (χ1) is 10.7. The zero-order valence-corrected chi connectivity index (χ0v) is 13.7. The summed E-state index contributed by atoms with van der Waals surface area (Å²) in [6.07, 6.45) is 0.349. The molecule has 0 unspecified atom stereocenters. The first-order valence-corrected chi connectivity index (χ1v) is 9.14. The van der Waals surface area contributed by atoms with E-state index in [2.05, 4.69) is 10.6 Å². The summed E-state index contributed by atoms with van der Waals surface area (Å²) in [5.41, 5.74) is -0.255. The predicted molar refractivity (Wildman–Crippen MR) is 84.0 cm³/mol. The fourth-order valence-corrected chi connectivity index (χ4v) is 4.39. The van der Waals surface area contributed by atoms with Gasteiger partial charge >= 0.3 is 0 Å². The fraction of sp³-hybridized carbons (Fsp3) is 0.467. The minimum atomic E-state index is -3.11. The van der Waals surface area contributed by atoms with E-state index in [0.29, 0.717) is 17.9 Å². The molecule has 0 spiro atoms. The molecule has 8 heteroatoms. The van der Waals surface area contributed by atoms with Crippen LogP contribution in [0.1, 0.15) is 18.9 Å². The van der Waals surface area contributed by atoms with Crippen molar-refractivity contribution in [3.8, 4) is 5.75 Å². The number of carbonyl (C=O) groups is 2. The van der Waals surface area contributed by atoms with Gasteiger partial charge in [-0.2, -0.15) is 0 Å². The highest BCUT2D eigenvalue weighted by Gasteiger charge is 2.48. The molecule has 23 heavy (non-hydrogen) atoms. The molecule has 0 aromatic heterocycles. The third kappa shape index (κ3) is 2.90.